The second kappa shape index (κ2) is 7.69. The minimum Gasteiger partial charge on any atom is -0.385 e. The van der Waals surface area contributed by atoms with E-state index in [1.54, 1.807) is 11.1 Å². The average molecular weight is 347 g/mol. The van der Waals surface area contributed by atoms with E-state index in [-0.39, 0.29) is 11.9 Å². The van der Waals surface area contributed by atoms with Crippen LogP contribution in [0.25, 0.3) is 0 Å². The Morgan fingerprint density at radius 1 is 1.56 bits per heavy atom. The van der Waals surface area contributed by atoms with E-state index in [9.17, 15) is 9.90 Å². The third kappa shape index (κ3) is 4.01. The fourth-order valence-electron chi connectivity index (χ4n) is 3.21. The molecule has 0 aliphatic carbocycles. The van der Waals surface area contributed by atoms with Crippen LogP contribution in [0.15, 0.2) is 23.0 Å². The lowest BCUT2D eigenvalue weighted by Gasteiger charge is -2.34. The summed E-state index contributed by atoms with van der Waals surface area (Å²) in [5, 5.41) is 17.4. The SMILES string of the molecule is CCc1cc(CNC(=O)N2CCCC(C(O)c3nccn3C)C2)on1. The van der Waals surface area contributed by atoms with Gasteiger partial charge in [-0.25, -0.2) is 9.78 Å². The quantitative estimate of drug-likeness (QED) is 0.857. The highest BCUT2D eigenvalue weighted by Gasteiger charge is 2.31. The van der Waals surface area contributed by atoms with Crippen LogP contribution in [0.1, 0.15) is 43.1 Å². The first kappa shape index (κ1) is 17.5. The number of nitrogens with one attached hydrogen (secondary N) is 1. The minimum atomic E-state index is -0.669. The Balaban J connectivity index is 1.55. The van der Waals surface area contributed by atoms with Crippen molar-refractivity contribution in [3.63, 3.8) is 0 Å². The molecule has 2 unspecified atom stereocenters. The van der Waals surface area contributed by atoms with Crippen LogP contribution in [-0.4, -0.2) is 43.8 Å². The van der Waals surface area contributed by atoms with Crippen molar-refractivity contribution in [2.24, 2.45) is 13.0 Å². The molecule has 1 aliphatic rings. The zero-order chi connectivity index (χ0) is 17.8. The first-order chi connectivity index (χ1) is 12.1. The predicted octanol–water partition coefficient (Wildman–Crippen LogP) is 1.63. The van der Waals surface area contributed by atoms with Crippen LogP contribution in [-0.2, 0) is 20.0 Å². The van der Waals surface area contributed by atoms with Gasteiger partial charge in [-0.1, -0.05) is 12.1 Å². The predicted molar refractivity (Wildman–Crippen MR) is 90.6 cm³/mol. The van der Waals surface area contributed by atoms with Gasteiger partial charge in [-0.05, 0) is 19.3 Å². The van der Waals surface area contributed by atoms with Crippen LogP contribution < -0.4 is 5.32 Å². The third-order valence-corrected chi connectivity index (χ3v) is 4.70. The van der Waals surface area contributed by atoms with Gasteiger partial charge in [0, 0.05) is 44.5 Å². The Kier molecular flexibility index (Phi) is 5.37. The van der Waals surface area contributed by atoms with Crippen molar-refractivity contribution in [1.29, 1.82) is 0 Å². The molecule has 0 bridgehead atoms. The molecule has 0 radical (unpaired) electrons. The molecule has 1 aliphatic heterocycles. The van der Waals surface area contributed by atoms with Crippen LogP contribution in [0.4, 0.5) is 4.79 Å². The van der Waals surface area contributed by atoms with Gasteiger partial charge in [-0.3, -0.25) is 0 Å². The Bertz CT molecular complexity index is 711. The van der Waals surface area contributed by atoms with E-state index in [1.807, 2.05) is 30.8 Å². The molecule has 1 saturated heterocycles. The van der Waals surface area contributed by atoms with E-state index in [0.29, 0.717) is 31.2 Å². The number of piperidine rings is 1. The highest BCUT2D eigenvalue weighted by atomic mass is 16.5. The van der Waals surface area contributed by atoms with Crippen molar-refractivity contribution in [3.05, 3.63) is 35.7 Å². The van der Waals surface area contributed by atoms with E-state index in [4.69, 9.17) is 4.52 Å². The Morgan fingerprint density at radius 3 is 3.08 bits per heavy atom. The molecule has 8 heteroatoms. The van der Waals surface area contributed by atoms with Crippen LogP contribution >= 0.6 is 0 Å². The molecule has 0 spiro atoms. The molecular weight excluding hydrogens is 322 g/mol. The summed E-state index contributed by atoms with van der Waals surface area (Å²) < 4.78 is 7.00. The Morgan fingerprint density at radius 2 is 2.40 bits per heavy atom. The molecule has 3 rings (SSSR count). The topological polar surface area (TPSA) is 96.4 Å². The van der Waals surface area contributed by atoms with Crippen molar-refractivity contribution in [1.82, 2.24) is 24.9 Å². The largest absolute Gasteiger partial charge is 0.385 e. The molecule has 0 saturated carbocycles. The fraction of sp³-hybridized carbons (Fsp3) is 0.588. The van der Waals surface area contributed by atoms with Crippen molar-refractivity contribution in [2.45, 2.75) is 38.8 Å². The molecule has 8 nitrogen and oxygen atoms in total. The lowest BCUT2D eigenvalue weighted by atomic mass is 9.92. The summed E-state index contributed by atoms with van der Waals surface area (Å²) in [6.07, 6.45) is 5.36. The Labute approximate surface area is 146 Å². The number of amides is 2. The van der Waals surface area contributed by atoms with E-state index < -0.39 is 6.10 Å². The molecule has 2 atom stereocenters. The van der Waals surface area contributed by atoms with E-state index >= 15 is 0 Å². The van der Waals surface area contributed by atoms with Crippen LogP contribution in [0.2, 0.25) is 0 Å². The molecule has 2 amide bonds. The van der Waals surface area contributed by atoms with Gasteiger partial charge in [0.25, 0.3) is 0 Å². The second-order valence-electron chi connectivity index (χ2n) is 6.49. The smallest absolute Gasteiger partial charge is 0.317 e. The standard InChI is InChI=1S/C17H25N5O3/c1-3-13-9-14(25-20-13)10-19-17(24)22-7-4-5-12(11-22)15(23)16-18-6-8-21(16)2/h6,8-9,12,15,23H,3-5,7,10-11H2,1-2H3,(H,19,24). The molecule has 2 N–H and O–H groups in total. The minimum absolute atomic E-state index is 0.0161. The van der Waals surface area contributed by atoms with Gasteiger partial charge in [-0.15, -0.1) is 0 Å². The first-order valence-electron chi connectivity index (χ1n) is 8.71. The molecule has 2 aromatic rings. The third-order valence-electron chi connectivity index (χ3n) is 4.70. The molecule has 1 fully saturated rings. The number of aryl methyl sites for hydroxylation is 2. The summed E-state index contributed by atoms with van der Waals surface area (Å²) in [4.78, 5) is 18.4. The maximum absolute atomic E-state index is 12.4. The number of hydrogen-bond donors (Lipinski definition) is 2. The van der Waals surface area contributed by atoms with Gasteiger partial charge in [0.2, 0.25) is 0 Å². The van der Waals surface area contributed by atoms with E-state index in [2.05, 4.69) is 15.5 Å². The summed E-state index contributed by atoms with van der Waals surface area (Å²) in [6, 6.07) is 1.70. The summed E-state index contributed by atoms with van der Waals surface area (Å²) in [7, 11) is 1.86. The lowest BCUT2D eigenvalue weighted by molar-refractivity contribution is 0.0531. The number of carbonyl (C=O) groups excluding carboxylic acids is 1. The van der Waals surface area contributed by atoms with Gasteiger partial charge < -0.3 is 24.4 Å². The summed E-state index contributed by atoms with van der Waals surface area (Å²) in [5.74, 6) is 1.27. The summed E-state index contributed by atoms with van der Waals surface area (Å²) in [5.41, 5.74) is 0.875. The van der Waals surface area contributed by atoms with Crippen molar-refractivity contribution >= 4 is 6.03 Å². The van der Waals surface area contributed by atoms with Crippen LogP contribution in [0, 0.1) is 5.92 Å². The average Bonchev–Trinajstić information content (AvgIpc) is 3.27. The zero-order valence-electron chi connectivity index (χ0n) is 14.7. The maximum atomic E-state index is 12.4. The van der Waals surface area contributed by atoms with Gasteiger partial charge in [-0.2, -0.15) is 0 Å². The number of aromatic nitrogens is 3. The summed E-state index contributed by atoms with van der Waals surface area (Å²) in [6.45, 7) is 3.51. The molecule has 2 aromatic heterocycles. The Hall–Kier alpha value is -2.35. The van der Waals surface area contributed by atoms with Crippen LogP contribution in [0.3, 0.4) is 0 Å². The molecule has 3 heterocycles. The number of carbonyl (C=O) groups is 1. The van der Waals surface area contributed by atoms with E-state index in [0.717, 1.165) is 25.0 Å². The fourth-order valence-corrected chi connectivity index (χ4v) is 3.21. The molecule has 0 aromatic carbocycles. The van der Waals surface area contributed by atoms with Gasteiger partial charge >= 0.3 is 6.03 Å². The van der Waals surface area contributed by atoms with Crippen molar-refractivity contribution in [3.8, 4) is 0 Å². The van der Waals surface area contributed by atoms with Gasteiger partial charge in [0.1, 0.15) is 11.9 Å². The number of imidazole rings is 1. The first-order valence-corrected chi connectivity index (χ1v) is 8.71. The molecular formula is C17H25N5O3. The highest BCUT2D eigenvalue weighted by molar-refractivity contribution is 5.74. The molecule has 25 heavy (non-hydrogen) atoms. The zero-order valence-corrected chi connectivity index (χ0v) is 14.7. The summed E-state index contributed by atoms with van der Waals surface area (Å²) >= 11 is 0. The number of rotatable bonds is 5. The van der Waals surface area contributed by atoms with Gasteiger partial charge in [0.15, 0.2) is 5.76 Å². The maximum Gasteiger partial charge on any atom is 0.317 e. The van der Waals surface area contributed by atoms with Crippen LogP contribution in [0.5, 0.6) is 0 Å². The van der Waals surface area contributed by atoms with Crippen molar-refractivity contribution < 1.29 is 14.4 Å². The number of likely N-dealkylation sites (tertiary alicyclic amines) is 1. The lowest BCUT2D eigenvalue weighted by Crippen LogP contribution is -2.46. The second-order valence-corrected chi connectivity index (χ2v) is 6.49. The van der Waals surface area contributed by atoms with Gasteiger partial charge in [0.05, 0.1) is 12.2 Å². The van der Waals surface area contributed by atoms with Crippen molar-refractivity contribution in [2.75, 3.05) is 13.1 Å². The number of hydrogen-bond acceptors (Lipinski definition) is 5. The normalized spacial score (nSPS) is 19.0. The number of aliphatic hydroxyl groups excluding tert-OH is 1. The number of aliphatic hydroxyl groups is 1. The highest BCUT2D eigenvalue weighted by Crippen LogP contribution is 2.28. The monoisotopic (exact) mass is 347 g/mol. The van der Waals surface area contributed by atoms with E-state index in [1.165, 1.54) is 0 Å². The number of nitrogens with zero attached hydrogens (tertiary/aromatic N) is 4. The molecule has 136 valence electrons. The number of urea groups is 1.